The molecule has 4 nitrogen and oxygen atoms in total. The molecule has 0 spiro atoms. The third kappa shape index (κ3) is 5.64. The molecule has 4 aliphatic rings. The van der Waals surface area contributed by atoms with Crippen LogP contribution in [-0.2, 0) is 6.42 Å². The minimum absolute atomic E-state index is 0.276. The molecule has 0 amide bonds. The summed E-state index contributed by atoms with van der Waals surface area (Å²) in [5, 5.41) is 4.53. The van der Waals surface area contributed by atoms with Crippen LogP contribution in [0.1, 0.15) is 47.6 Å². The lowest BCUT2D eigenvalue weighted by atomic mass is 9.83. The number of aryl methyl sites for hydroxylation is 1. The quantitative estimate of drug-likeness (QED) is 0.179. The lowest BCUT2D eigenvalue weighted by molar-refractivity contribution is 0.662. The van der Waals surface area contributed by atoms with Gasteiger partial charge in [-0.1, -0.05) is 140 Å². The molecule has 2 aromatic heterocycles. The molecule has 2 heterocycles. The highest BCUT2D eigenvalue weighted by Crippen LogP contribution is 2.42. The summed E-state index contributed by atoms with van der Waals surface area (Å²) in [7, 11) is 0. The lowest BCUT2D eigenvalue weighted by Crippen LogP contribution is -2.13. The molecule has 2 unspecified atom stereocenters. The molecular weight excluding hydrogens is 671 g/mol. The van der Waals surface area contributed by atoms with Crippen LogP contribution >= 0.6 is 0 Å². The predicted octanol–water partition coefficient (Wildman–Crippen LogP) is 12.8. The maximum atomic E-state index is 6.34. The molecule has 0 saturated heterocycles. The smallest absolute Gasteiger partial charge is 0.164 e. The van der Waals surface area contributed by atoms with Gasteiger partial charge in [-0.15, -0.1) is 0 Å². The van der Waals surface area contributed by atoms with Crippen LogP contribution in [0.25, 0.3) is 78.0 Å². The van der Waals surface area contributed by atoms with Gasteiger partial charge >= 0.3 is 0 Å². The van der Waals surface area contributed by atoms with Crippen LogP contribution in [-0.4, -0.2) is 15.0 Å². The average Bonchev–Trinajstić information content (AvgIpc) is 3.65. The Kier molecular flexibility index (Phi) is 7.54. The summed E-state index contributed by atoms with van der Waals surface area (Å²) >= 11 is 0. The van der Waals surface area contributed by atoms with Crippen LogP contribution in [0.15, 0.2) is 162 Å². The number of aromatic nitrogens is 3. The number of nitrogens with zero attached hydrogens (tertiary/aromatic N) is 3. The first-order chi connectivity index (χ1) is 27.2. The Morgan fingerprint density at radius 3 is 2.29 bits per heavy atom. The van der Waals surface area contributed by atoms with Gasteiger partial charge in [0.25, 0.3) is 0 Å². The van der Waals surface area contributed by atoms with Crippen LogP contribution in [0.4, 0.5) is 0 Å². The van der Waals surface area contributed by atoms with Gasteiger partial charge in [-0.05, 0) is 99.7 Å². The van der Waals surface area contributed by atoms with Gasteiger partial charge in [0.05, 0.1) is 0 Å². The van der Waals surface area contributed by atoms with Crippen molar-refractivity contribution in [3.8, 4) is 22.5 Å². The number of rotatable bonds is 5. The molecule has 4 heteroatoms. The van der Waals surface area contributed by atoms with Gasteiger partial charge in [-0.2, -0.15) is 0 Å². The number of benzene rings is 5. The molecular formula is C51H37N3O. The van der Waals surface area contributed by atoms with Crippen LogP contribution < -0.4 is 0 Å². The molecule has 0 radical (unpaired) electrons. The first-order valence-electron chi connectivity index (χ1n) is 19.4. The van der Waals surface area contributed by atoms with E-state index < -0.39 is 0 Å². The fourth-order valence-electron chi connectivity index (χ4n) is 8.76. The Hall–Kier alpha value is -6.65. The van der Waals surface area contributed by atoms with E-state index in [4.69, 9.17) is 19.4 Å². The van der Waals surface area contributed by atoms with Crippen molar-refractivity contribution in [3.63, 3.8) is 0 Å². The molecule has 0 aliphatic heterocycles. The van der Waals surface area contributed by atoms with Gasteiger partial charge in [0, 0.05) is 33.7 Å². The van der Waals surface area contributed by atoms with Crippen molar-refractivity contribution in [2.45, 2.75) is 25.7 Å². The second kappa shape index (κ2) is 13.0. The van der Waals surface area contributed by atoms with Gasteiger partial charge in [0.15, 0.2) is 17.5 Å². The molecule has 0 bridgehead atoms. The van der Waals surface area contributed by atoms with Gasteiger partial charge < -0.3 is 4.42 Å². The fourth-order valence-corrected chi connectivity index (χ4v) is 8.76. The molecule has 0 N–H and O–H groups in total. The Morgan fingerprint density at radius 2 is 1.36 bits per heavy atom. The molecule has 5 aromatic carbocycles. The van der Waals surface area contributed by atoms with Gasteiger partial charge in [-0.3, -0.25) is 0 Å². The number of hydrogen-bond acceptors (Lipinski definition) is 4. The maximum absolute atomic E-state index is 6.34. The van der Waals surface area contributed by atoms with Gasteiger partial charge in [-0.25, -0.2) is 15.0 Å². The Labute approximate surface area is 320 Å². The summed E-state index contributed by atoms with van der Waals surface area (Å²) in [6.45, 7) is 0. The number of furan rings is 1. The topological polar surface area (TPSA) is 51.8 Å². The first kappa shape index (κ1) is 31.8. The van der Waals surface area contributed by atoms with Gasteiger partial charge in [0.2, 0.25) is 0 Å². The number of hydrogen-bond donors (Lipinski definition) is 0. The highest BCUT2D eigenvalue weighted by molar-refractivity contribution is 6.15. The minimum atomic E-state index is 0.276. The molecule has 262 valence electrons. The highest BCUT2D eigenvalue weighted by Gasteiger charge is 2.23. The minimum Gasteiger partial charge on any atom is -0.456 e. The standard InChI is InChI=1S/C51H37N3O/c1-3-12-36-28-38(26-22-32(36)10-1)34-20-24-35(25-21-34)49-52-50(40-27-23-33-11-2-4-13-37(33)29-40)54-51(53-49)41-30-39-14-5-6-15-42(39)45(31-41)43-17-9-19-47-48(43)44-16-7-8-18-46(44)55-47/h1-2,4-11,13-20,22-24,26-31,33,37H,3,12,21,25H2. The zero-order chi connectivity index (χ0) is 36.3. The van der Waals surface area contributed by atoms with Crippen molar-refractivity contribution < 1.29 is 4.42 Å². The van der Waals surface area contributed by atoms with Crippen LogP contribution in [0.5, 0.6) is 0 Å². The molecule has 55 heavy (non-hydrogen) atoms. The summed E-state index contributed by atoms with van der Waals surface area (Å²) in [6.07, 6.45) is 28.6. The number of allylic oxidation sites excluding steroid dienone is 13. The molecule has 7 aromatic rings. The first-order valence-corrected chi connectivity index (χ1v) is 19.4. The summed E-state index contributed by atoms with van der Waals surface area (Å²) in [6, 6.07) is 34.7. The largest absolute Gasteiger partial charge is 0.456 e. The van der Waals surface area contributed by atoms with Crippen molar-refractivity contribution in [2.75, 3.05) is 0 Å². The summed E-state index contributed by atoms with van der Waals surface area (Å²) in [5.41, 5.74) is 12.6. The van der Waals surface area contributed by atoms with Crippen molar-refractivity contribution in [1.29, 1.82) is 0 Å². The summed E-state index contributed by atoms with van der Waals surface area (Å²) in [4.78, 5) is 15.7. The number of para-hydroxylation sites is 1. The predicted molar refractivity (Wildman–Crippen MR) is 227 cm³/mol. The van der Waals surface area contributed by atoms with Gasteiger partial charge in [0.1, 0.15) is 11.2 Å². The van der Waals surface area contributed by atoms with E-state index in [1.165, 1.54) is 27.6 Å². The van der Waals surface area contributed by atoms with Crippen molar-refractivity contribution in [1.82, 2.24) is 15.0 Å². The van der Waals surface area contributed by atoms with E-state index in [1.54, 1.807) is 0 Å². The zero-order valence-corrected chi connectivity index (χ0v) is 30.3. The van der Waals surface area contributed by atoms with E-state index in [2.05, 4.69) is 152 Å². The Balaban J connectivity index is 1.07. The van der Waals surface area contributed by atoms with Crippen molar-refractivity contribution in [3.05, 3.63) is 186 Å². The van der Waals surface area contributed by atoms with Crippen molar-refractivity contribution in [2.24, 2.45) is 11.8 Å². The molecule has 11 rings (SSSR count). The monoisotopic (exact) mass is 707 g/mol. The molecule has 4 aliphatic carbocycles. The van der Waals surface area contributed by atoms with E-state index in [9.17, 15) is 0 Å². The SMILES string of the molecule is C1=CC2C=CC(c3nc(C4=CC=C(c5ccc6c(c5)CCC=C6)CC4)nc(-c4cc(-c5cccc6oc7ccccc7c56)c5ccccc5c4)n3)=CC2C=C1. The lowest BCUT2D eigenvalue weighted by Gasteiger charge is -2.23. The van der Waals surface area contributed by atoms with E-state index in [0.717, 1.165) is 86.7 Å². The second-order valence-corrected chi connectivity index (χ2v) is 15.0. The molecule has 2 atom stereocenters. The Morgan fingerprint density at radius 1 is 0.564 bits per heavy atom. The fraction of sp³-hybridized carbons (Fsp3) is 0.118. The Bertz CT molecular complexity index is 2950. The van der Waals surface area contributed by atoms with Crippen LogP contribution in [0, 0.1) is 11.8 Å². The van der Waals surface area contributed by atoms with Crippen molar-refractivity contribution >= 4 is 55.5 Å². The third-order valence-corrected chi connectivity index (χ3v) is 11.6. The maximum Gasteiger partial charge on any atom is 0.164 e. The average molecular weight is 708 g/mol. The summed E-state index contributed by atoms with van der Waals surface area (Å²) < 4.78 is 6.34. The normalized spacial score (nSPS) is 18.7. The molecule has 0 fully saturated rings. The van der Waals surface area contributed by atoms with Crippen LogP contribution in [0.3, 0.4) is 0 Å². The van der Waals surface area contributed by atoms with E-state index in [1.807, 2.05) is 12.1 Å². The highest BCUT2D eigenvalue weighted by atomic mass is 16.3. The zero-order valence-electron chi connectivity index (χ0n) is 30.3. The van der Waals surface area contributed by atoms with E-state index in [-0.39, 0.29) is 5.92 Å². The van der Waals surface area contributed by atoms with Crippen LogP contribution in [0.2, 0.25) is 0 Å². The number of fused-ring (bicyclic) bond motifs is 6. The van der Waals surface area contributed by atoms with E-state index in [0.29, 0.717) is 17.6 Å². The molecule has 0 saturated carbocycles. The van der Waals surface area contributed by atoms with E-state index >= 15 is 0 Å². The third-order valence-electron chi connectivity index (χ3n) is 11.6. The second-order valence-electron chi connectivity index (χ2n) is 15.0. The summed E-state index contributed by atoms with van der Waals surface area (Å²) in [5.74, 6) is 2.74.